The van der Waals surface area contributed by atoms with Crippen LogP contribution in [0.15, 0.2) is 6.07 Å². The van der Waals surface area contributed by atoms with Gasteiger partial charge in [0.15, 0.2) is 0 Å². The molecule has 0 radical (unpaired) electrons. The number of benzene rings is 1. The zero-order valence-corrected chi connectivity index (χ0v) is 25.8. The minimum absolute atomic E-state index is 0.0540. The minimum Gasteiger partial charge on any atom is -0.490 e. The summed E-state index contributed by atoms with van der Waals surface area (Å²) < 4.78 is 12.6. The standard InChI is InChI=1S/C37H54O2/c1-34(2,3)31-29(36-14-22-7-23(15-36)9-24(8-22)16-36)13-30(39-21-28-20-38-28)32(35(4,5)6)33(31)37-17-25-10-26(18-37)12-27(11-25)19-37/h13,22-28H,7-12,14-21H2,1-6H3. The van der Waals surface area contributed by atoms with Gasteiger partial charge in [-0.3, -0.25) is 0 Å². The summed E-state index contributed by atoms with van der Waals surface area (Å²) in [4.78, 5) is 0. The molecule has 9 aliphatic rings. The summed E-state index contributed by atoms with van der Waals surface area (Å²) >= 11 is 0. The summed E-state index contributed by atoms with van der Waals surface area (Å²) in [5.74, 6) is 6.95. The first kappa shape index (κ1) is 25.7. The molecule has 1 unspecified atom stereocenters. The van der Waals surface area contributed by atoms with Crippen molar-refractivity contribution in [1.82, 2.24) is 0 Å². The van der Waals surface area contributed by atoms with Crippen molar-refractivity contribution in [2.45, 2.75) is 146 Å². The van der Waals surface area contributed by atoms with Crippen molar-refractivity contribution in [2.75, 3.05) is 13.2 Å². The van der Waals surface area contributed by atoms with Gasteiger partial charge in [-0.2, -0.15) is 0 Å². The van der Waals surface area contributed by atoms with Crippen LogP contribution in [-0.2, 0) is 26.4 Å². The fraction of sp³-hybridized carbons (Fsp3) is 0.838. The van der Waals surface area contributed by atoms with E-state index in [1.54, 1.807) is 16.7 Å². The highest BCUT2D eigenvalue weighted by atomic mass is 16.6. The molecule has 8 bridgehead atoms. The van der Waals surface area contributed by atoms with Crippen LogP contribution in [0, 0.1) is 35.5 Å². The van der Waals surface area contributed by atoms with E-state index >= 15 is 0 Å². The summed E-state index contributed by atoms with van der Waals surface area (Å²) in [6.07, 6.45) is 17.9. The summed E-state index contributed by atoms with van der Waals surface area (Å²) in [6.45, 7) is 16.7. The van der Waals surface area contributed by atoms with E-state index in [9.17, 15) is 0 Å². The molecule has 0 spiro atoms. The fourth-order valence-electron chi connectivity index (χ4n) is 12.4. The van der Waals surface area contributed by atoms with Gasteiger partial charge in [-0.25, -0.2) is 0 Å². The summed E-state index contributed by atoms with van der Waals surface area (Å²) in [5.41, 5.74) is 7.83. The molecule has 1 aromatic rings. The SMILES string of the molecule is CC(C)(C)c1c(OCC2CO2)cc(C23CC4CC(CC(C4)C2)C3)c(C(C)(C)C)c1C12CC3CC(CC(C3)C1)C2. The Morgan fingerprint density at radius 3 is 1.46 bits per heavy atom. The molecule has 8 saturated carbocycles. The Hall–Kier alpha value is -1.02. The van der Waals surface area contributed by atoms with E-state index in [1.807, 2.05) is 5.56 Å². The molecule has 39 heavy (non-hydrogen) atoms. The highest BCUT2D eigenvalue weighted by molar-refractivity contribution is 5.61. The van der Waals surface area contributed by atoms with Crippen molar-refractivity contribution in [3.63, 3.8) is 0 Å². The first-order valence-electron chi connectivity index (χ1n) is 16.9. The zero-order valence-electron chi connectivity index (χ0n) is 25.8. The highest BCUT2D eigenvalue weighted by Crippen LogP contribution is 2.67. The fourth-order valence-corrected chi connectivity index (χ4v) is 12.4. The maximum atomic E-state index is 6.94. The van der Waals surface area contributed by atoms with Crippen LogP contribution in [0.3, 0.4) is 0 Å². The molecule has 8 aliphatic carbocycles. The van der Waals surface area contributed by atoms with Gasteiger partial charge in [0.2, 0.25) is 0 Å². The third kappa shape index (κ3) is 4.11. The molecule has 1 heterocycles. The van der Waals surface area contributed by atoms with Crippen molar-refractivity contribution in [1.29, 1.82) is 0 Å². The van der Waals surface area contributed by atoms with E-state index in [1.165, 1.54) is 82.8 Å². The van der Waals surface area contributed by atoms with Crippen molar-refractivity contribution in [2.24, 2.45) is 35.5 Å². The van der Waals surface area contributed by atoms with Crippen molar-refractivity contribution >= 4 is 0 Å². The molecule has 1 atom stereocenters. The van der Waals surface area contributed by atoms with Gasteiger partial charge >= 0.3 is 0 Å². The Bertz CT molecular complexity index is 1080. The Kier molecular flexibility index (Phi) is 5.46. The monoisotopic (exact) mass is 530 g/mol. The van der Waals surface area contributed by atoms with E-state index in [0.717, 1.165) is 48.7 Å². The second kappa shape index (κ2) is 8.29. The third-order valence-corrected chi connectivity index (χ3v) is 12.8. The highest BCUT2D eigenvalue weighted by Gasteiger charge is 2.57. The Balaban J connectivity index is 1.40. The average Bonchev–Trinajstić information content (AvgIpc) is 3.63. The smallest absolute Gasteiger partial charge is 0.123 e. The second-order valence-electron chi connectivity index (χ2n) is 18.2. The first-order chi connectivity index (χ1) is 18.4. The second-order valence-corrected chi connectivity index (χ2v) is 18.2. The Morgan fingerprint density at radius 1 is 0.667 bits per heavy atom. The third-order valence-electron chi connectivity index (χ3n) is 12.8. The predicted molar refractivity (Wildman–Crippen MR) is 159 cm³/mol. The van der Waals surface area contributed by atoms with Crippen LogP contribution < -0.4 is 4.74 Å². The van der Waals surface area contributed by atoms with E-state index in [-0.39, 0.29) is 10.8 Å². The summed E-state index contributed by atoms with van der Waals surface area (Å²) in [7, 11) is 0. The Morgan fingerprint density at radius 2 is 1.08 bits per heavy atom. The predicted octanol–water partition coefficient (Wildman–Crippen LogP) is 8.99. The molecule has 1 aliphatic heterocycles. The lowest BCUT2D eigenvalue weighted by Crippen LogP contribution is -2.52. The lowest BCUT2D eigenvalue weighted by molar-refractivity contribution is -0.0106. The normalized spacial score (nSPS) is 43.8. The van der Waals surface area contributed by atoms with Gasteiger partial charge in [-0.15, -0.1) is 0 Å². The molecule has 214 valence electrons. The van der Waals surface area contributed by atoms with Crippen LogP contribution in [0.1, 0.15) is 141 Å². The molecular formula is C37H54O2. The maximum Gasteiger partial charge on any atom is 0.123 e. The van der Waals surface area contributed by atoms with Crippen LogP contribution >= 0.6 is 0 Å². The number of hydrogen-bond acceptors (Lipinski definition) is 2. The van der Waals surface area contributed by atoms with Crippen LogP contribution in [0.5, 0.6) is 5.75 Å². The lowest BCUT2D eigenvalue weighted by Gasteiger charge is -2.61. The molecule has 1 aromatic carbocycles. The largest absolute Gasteiger partial charge is 0.490 e. The lowest BCUT2D eigenvalue weighted by atomic mass is 9.44. The summed E-state index contributed by atoms with van der Waals surface area (Å²) in [5, 5.41) is 0. The molecule has 0 aromatic heterocycles. The molecular weight excluding hydrogens is 476 g/mol. The molecule has 2 heteroatoms. The van der Waals surface area contributed by atoms with Gasteiger partial charge in [0.25, 0.3) is 0 Å². The average molecular weight is 531 g/mol. The van der Waals surface area contributed by atoms with Gasteiger partial charge in [0.1, 0.15) is 18.5 Å². The van der Waals surface area contributed by atoms with Crippen molar-refractivity contribution in [3.8, 4) is 5.75 Å². The van der Waals surface area contributed by atoms with Gasteiger partial charge in [0.05, 0.1) is 6.61 Å². The van der Waals surface area contributed by atoms with Crippen molar-refractivity contribution < 1.29 is 9.47 Å². The van der Waals surface area contributed by atoms with E-state index < -0.39 is 0 Å². The van der Waals surface area contributed by atoms with E-state index in [0.29, 0.717) is 16.9 Å². The molecule has 0 amide bonds. The van der Waals surface area contributed by atoms with Gasteiger partial charge < -0.3 is 9.47 Å². The molecule has 2 nitrogen and oxygen atoms in total. The molecule has 0 N–H and O–H groups in total. The minimum atomic E-state index is 0.0540. The number of epoxide rings is 1. The maximum absolute atomic E-state index is 6.94. The van der Waals surface area contributed by atoms with Gasteiger partial charge in [0, 0.05) is 5.56 Å². The van der Waals surface area contributed by atoms with Gasteiger partial charge in [-0.05, 0) is 157 Å². The molecule has 1 saturated heterocycles. The first-order valence-corrected chi connectivity index (χ1v) is 16.9. The molecule has 9 fully saturated rings. The molecule has 10 rings (SSSR count). The van der Waals surface area contributed by atoms with Crippen LogP contribution in [0.25, 0.3) is 0 Å². The quantitative estimate of drug-likeness (QED) is 0.354. The number of ether oxygens (including phenoxy) is 2. The van der Waals surface area contributed by atoms with E-state index in [4.69, 9.17) is 9.47 Å². The van der Waals surface area contributed by atoms with Gasteiger partial charge in [-0.1, -0.05) is 41.5 Å². The topological polar surface area (TPSA) is 21.8 Å². The van der Waals surface area contributed by atoms with Crippen LogP contribution in [0.2, 0.25) is 0 Å². The number of hydrogen-bond donors (Lipinski definition) is 0. The Labute approximate surface area is 238 Å². The zero-order chi connectivity index (χ0) is 26.9. The van der Waals surface area contributed by atoms with Crippen LogP contribution in [-0.4, -0.2) is 19.3 Å². The van der Waals surface area contributed by atoms with Crippen molar-refractivity contribution in [3.05, 3.63) is 28.3 Å². The van der Waals surface area contributed by atoms with E-state index in [2.05, 4.69) is 47.6 Å². The van der Waals surface area contributed by atoms with Crippen LogP contribution in [0.4, 0.5) is 0 Å². The summed E-state index contributed by atoms with van der Waals surface area (Å²) in [6, 6.07) is 2.65. The number of rotatable bonds is 5.